The molecule has 112 valence electrons. The number of nitrogens with two attached hydrogens (primary N) is 1. The van der Waals surface area contributed by atoms with Crippen molar-refractivity contribution in [2.45, 2.75) is 6.61 Å². The molecule has 21 heavy (non-hydrogen) atoms. The van der Waals surface area contributed by atoms with Gasteiger partial charge < -0.3 is 24.7 Å². The Morgan fingerprint density at radius 3 is 2.29 bits per heavy atom. The molecule has 0 radical (unpaired) electrons. The molecule has 0 amide bonds. The van der Waals surface area contributed by atoms with Gasteiger partial charge in [0.05, 0.1) is 14.2 Å². The highest BCUT2D eigenvalue weighted by Gasteiger charge is 2.14. The van der Waals surface area contributed by atoms with Crippen LogP contribution in [0.15, 0.2) is 24.3 Å². The van der Waals surface area contributed by atoms with Crippen LogP contribution >= 0.6 is 0 Å². The molecule has 0 aliphatic rings. The molecule has 7 heteroatoms. The Morgan fingerprint density at radius 2 is 1.71 bits per heavy atom. The van der Waals surface area contributed by atoms with Crippen LogP contribution in [0.25, 0.3) is 0 Å². The molecule has 0 aliphatic heterocycles. The van der Waals surface area contributed by atoms with Crippen molar-refractivity contribution in [2.75, 3.05) is 27.1 Å². The predicted octanol–water partition coefficient (Wildman–Crippen LogP) is 2.01. The van der Waals surface area contributed by atoms with E-state index in [9.17, 15) is 0 Å². The van der Waals surface area contributed by atoms with Crippen LogP contribution < -0.4 is 19.9 Å². The lowest BCUT2D eigenvalue weighted by Gasteiger charge is -2.13. The summed E-state index contributed by atoms with van der Waals surface area (Å²) < 4.78 is 21.3. The second-order valence-electron chi connectivity index (χ2n) is 4.07. The molecule has 0 spiro atoms. The van der Waals surface area contributed by atoms with E-state index in [2.05, 4.69) is 9.97 Å². The first-order chi connectivity index (χ1) is 10.2. The zero-order chi connectivity index (χ0) is 15.2. The smallest absolute Gasteiger partial charge is 0.225 e. The van der Waals surface area contributed by atoms with Crippen molar-refractivity contribution >= 4 is 5.82 Å². The number of rotatable bonds is 6. The number of hydrogen-bond donors (Lipinski definition) is 1. The van der Waals surface area contributed by atoms with Gasteiger partial charge in [-0.05, 0) is 12.1 Å². The van der Waals surface area contributed by atoms with E-state index in [0.717, 1.165) is 0 Å². The molecular weight excluding hydrogens is 274 g/mol. The minimum atomic E-state index is 0.241. The number of methoxy groups -OCH3 is 3. The molecule has 0 saturated heterocycles. The van der Waals surface area contributed by atoms with Crippen LogP contribution in [0.3, 0.4) is 0 Å². The first-order valence-electron chi connectivity index (χ1n) is 6.19. The fourth-order valence-corrected chi connectivity index (χ4v) is 1.76. The second kappa shape index (κ2) is 6.76. The molecule has 1 aromatic heterocycles. The Morgan fingerprint density at radius 1 is 1.05 bits per heavy atom. The van der Waals surface area contributed by atoms with Crippen LogP contribution in [0.2, 0.25) is 0 Å². The lowest BCUT2D eigenvalue weighted by atomic mass is 10.3. The predicted molar refractivity (Wildman–Crippen MR) is 76.8 cm³/mol. The quantitative estimate of drug-likeness (QED) is 0.870. The Labute approximate surface area is 122 Å². The standard InChI is InChI=1S/C14H17N3O4/c1-18-8-12-16-11(15)7-13(17-12)21-14-9(19-2)5-4-6-10(14)20-3/h4-7H,8H2,1-3H3,(H2,15,16,17). The van der Waals surface area contributed by atoms with Gasteiger partial charge in [0.25, 0.3) is 0 Å². The third kappa shape index (κ3) is 3.51. The molecule has 0 atom stereocenters. The van der Waals surface area contributed by atoms with Gasteiger partial charge in [0.15, 0.2) is 17.3 Å². The van der Waals surface area contributed by atoms with Gasteiger partial charge in [-0.1, -0.05) is 6.07 Å². The van der Waals surface area contributed by atoms with E-state index >= 15 is 0 Å². The fraction of sp³-hybridized carbons (Fsp3) is 0.286. The molecule has 1 heterocycles. The summed E-state index contributed by atoms with van der Waals surface area (Å²) in [6.07, 6.45) is 0. The molecule has 0 bridgehead atoms. The van der Waals surface area contributed by atoms with E-state index in [1.165, 1.54) is 6.07 Å². The van der Waals surface area contributed by atoms with Crippen LogP contribution in [0.4, 0.5) is 5.82 Å². The van der Waals surface area contributed by atoms with Crippen molar-refractivity contribution in [3.63, 3.8) is 0 Å². The van der Waals surface area contributed by atoms with Gasteiger partial charge in [-0.2, -0.15) is 4.98 Å². The monoisotopic (exact) mass is 291 g/mol. The third-order valence-corrected chi connectivity index (χ3v) is 2.63. The highest BCUT2D eigenvalue weighted by atomic mass is 16.5. The molecule has 0 saturated carbocycles. The SMILES string of the molecule is COCc1nc(N)cc(Oc2c(OC)cccc2OC)n1. The molecule has 1 aromatic carbocycles. The number of ether oxygens (including phenoxy) is 4. The fourth-order valence-electron chi connectivity index (χ4n) is 1.76. The topological polar surface area (TPSA) is 88.7 Å². The van der Waals surface area contributed by atoms with Crippen LogP contribution in [0, 0.1) is 0 Å². The molecule has 0 fully saturated rings. The first-order valence-corrected chi connectivity index (χ1v) is 6.19. The summed E-state index contributed by atoms with van der Waals surface area (Å²) in [5.41, 5.74) is 5.74. The lowest BCUT2D eigenvalue weighted by Crippen LogP contribution is -2.03. The van der Waals surface area contributed by atoms with Crippen LogP contribution in [-0.4, -0.2) is 31.3 Å². The summed E-state index contributed by atoms with van der Waals surface area (Å²) in [5, 5.41) is 0. The molecule has 0 unspecified atom stereocenters. The van der Waals surface area contributed by atoms with Gasteiger partial charge in [-0.15, -0.1) is 0 Å². The Balaban J connectivity index is 2.37. The van der Waals surface area contributed by atoms with Gasteiger partial charge in [-0.25, -0.2) is 4.98 Å². The summed E-state index contributed by atoms with van der Waals surface area (Å²) in [7, 11) is 4.65. The van der Waals surface area contributed by atoms with Crippen molar-refractivity contribution < 1.29 is 18.9 Å². The zero-order valence-electron chi connectivity index (χ0n) is 12.1. The summed E-state index contributed by atoms with van der Waals surface area (Å²) in [6.45, 7) is 0.241. The molecule has 0 aliphatic carbocycles. The summed E-state index contributed by atoms with van der Waals surface area (Å²) >= 11 is 0. The average molecular weight is 291 g/mol. The number of benzene rings is 1. The Hall–Kier alpha value is -2.54. The highest BCUT2D eigenvalue weighted by Crippen LogP contribution is 2.39. The van der Waals surface area contributed by atoms with Gasteiger partial charge in [-0.3, -0.25) is 0 Å². The van der Waals surface area contributed by atoms with Crippen LogP contribution in [-0.2, 0) is 11.3 Å². The van der Waals surface area contributed by atoms with Gasteiger partial charge in [0.2, 0.25) is 11.6 Å². The summed E-state index contributed by atoms with van der Waals surface area (Å²) in [6, 6.07) is 6.84. The van der Waals surface area contributed by atoms with E-state index < -0.39 is 0 Å². The van der Waals surface area contributed by atoms with Crippen molar-refractivity contribution in [2.24, 2.45) is 0 Å². The Kier molecular flexibility index (Phi) is 4.78. The van der Waals surface area contributed by atoms with E-state index in [4.69, 9.17) is 24.7 Å². The minimum Gasteiger partial charge on any atom is -0.493 e. The minimum absolute atomic E-state index is 0.241. The van der Waals surface area contributed by atoms with Crippen LogP contribution in [0.5, 0.6) is 23.1 Å². The van der Waals surface area contributed by atoms with Crippen molar-refractivity contribution in [3.8, 4) is 23.1 Å². The number of hydrogen-bond acceptors (Lipinski definition) is 7. The van der Waals surface area contributed by atoms with Gasteiger partial charge >= 0.3 is 0 Å². The van der Waals surface area contributed by atoms with Crippen molar-refractivity contribution in [1.82, 2.24) is 9.97 Å². The zero-order valence-corrected chi connectivity index (χ0v) is 12.1. The normalized spacial score (nSPS) is 10.2. The van der Waals surface area contributed by atoms with Gasteiger partial charge in [0, 0.05) is 13.2 Å². The number of nitrogen functional groups attached to an aromatic ring is 1. The number of para-hydroxylation sites is 1. The maximum absolute atomic E-state index is 5.75. The molecular formula is C14H17N3O4. The summed E-state index contributed by atoms with van der Waals surface area (Å²) in [4.78, 5) is 8.27. The lowest BCUT2D eigenvalue weighted by molar-refractivity contribution is 0.177. The van der Waals surface area contributed by atoms with Crippen LogP contribution in [0.1, 0.15) is 5.82 Å². The largest absolute Gasteiger partial charge is 0.493 e. The average Bonchev–Trinajstić information content (AvgIpc) is 2.47. The maximum atomic E-state index is 5.75. The second-order valence-corrected chi connectivity index (χ2v) is 4.07. The number of nitrogens with zero attached hydrogens (tertiary/aromatic N) is 2. The van der Waals surface area contributed by atoms with Gasteiger partial charge in [0.1, 0.15) is 12.4 Å². The first kappa shape index (κ1) is 14.9. The highest BCUT2D eigenvalue weighted by molar-refractivity contribution is 5.53. The van der Waals surface area contributed by atoms with E-state index in [-0.39, 0.29) is 12.5 Å². The third-order valence-electron chi connectivity index (χ3n) is 2.63. The van der Waals surface area contributed by atoms with E-state index in [1.807, 2.05) is 0 Å². The summed E-state index contributed by atoms with van der Waals surface area (Å²) in [5.74, 6) is 2.49. The number of anilines is 1. The maximum Gasteiger partial charge on any atom is 0.225 e. The van der Waals surface area contributed by atoms with E-state index in [0.29, 0.717) is 28.9 Å². The number of aromatic nitrogens is 2. The molecule has 2 N–H and O–H groups in total. The molecule has 7 nitrogen and oxygen atoms in total. The molecule has 2 aromatic rings. The van der Waals surface area contributed by atoms with E-state index in [1.54, 1.807) is 39.5 Å². The Bertz CT molecular complexity index is 597. The molecule has 2 rings (SSSR count). The van der Waals surface area contributed by atoms with Crippen molar-refractivity contribution in [1.29, 1.82) is 0 Å². The van der Waals surface area contributed by atoms with Crippen molar-refractivity contribution in [3.05, 3.63) is 30.1 Å².